The first kappa shape index (κ1) is 16.7. The molecule has 1 unspecified atom stereocenters. The zero-order valence-corrected chi connectivity index (χ0v) is 14.5. The molecule has 0 saturated carbocycles. The molecule has 0 radical (unpaired) electrons. The van der Waals surface area contributed by atoms with Crippen LogP contribution in [0.5, 0.6) is 0 Å². The van der Waals surface area contributed by atoms with Gasteiger partial charge >= 0.3 is 0 Å². The van der Waals surface area contributed by atoms with Crippen LogP contribution in [0, 0.1) is 12.3 Å². The van der Waals surface area contributed by atoms with E-state index in [1.165, 1.54) is 12.1 Å². The number of carbonyl (C=O) groups is 2. The minimum Gasteiger partial charge on any atom is -0.456 e. The molecule has 1 atom stereocenters. The number of hydrogen-bond donors (Lipinski definition) is 0. The largest absolute Gasteiger partial charge is 0.456 e. The molecule has 0 aromatic carbocycles. The topological polar surface area (TPSA) is 70.8 Å². The summed E-state index contributed by atoms with van der Waals surface area (Å²) < 4.78 is 5.41. The van der Waals surface area contributed by atoms with Crippen LogP contribution in [0.2, 0.25) is 0 Å². The summed E-state index contributed by atoms with van der Waals surface area (Å²) in [5.74, 6) is 0.326. The van der Waals surface area contributed by atoms with Gasteiger partial charge in [0.1, 0.15) is 5.76 Å². The molecule has 1 spiro atoms. The Morgan fingerprint density at radius 3 is 2.62 bits per heavy atom. The van der Waals surface area contributed by atoms with Gasteiger partial charge in [0.05, 0.1) is 5.41 Å². The monoisotopic (exact) mass is 332 g/mol. The number of likely N-dealkylation sites (tertiary alicyclic amines) is 2. The average molecular weight is 332 g/mol. The van der Waals surface area contributed by atoms with Crippen LogP contribution in [0.25, 0.3) is 0 Å². The predicted molar refractivity (Wildman–Crippen MR) is 88.8 cm³/mol. The first-order valence-electron chi connectivity index (χ1n) is 8.54. The summed E-state index contributed by atoms with van der Waals surface area (Å²) in [6.07, 6.45) is 2.46. The fourth-order valence-corrected chi connectivity index (χ4v) is 3.88. The van der Waals surface area contributed by atoms with Gasteiger partial charge in [-0.3, -0.25) is 14.4 Å². The molecule has 6 heteroatoms. The molecule has 2 saturated heterocycles. The van der Waals surface area contributed by atoms with E-state index in [4.69, 9.17) is 4.42 Å². The normalized spacial score (nSPS) is 24.2. The minimum atomic E-state index is -0.470. The molecule has 130 valence electrons. The Morgan fingerprint density at radius 1 is 1.21 bits per heavy atom. The lowest BCUT2D eigenvalue weighted by atomic mass is 9.78. The SMILES string of the molecule is Cc1cc(=O)cc(C(=O)N2CCC3(CCCN(C(C)C)C3=O)C2)o1. The summed E-state index contributed by atoms with van der Waals surface area (Å²) >= 11 is 0. The van der Waals surface area contributed by atoms with Crippen LogP contribution in [0.4, 0.5) is 0 Å². The van der Waals surface area contributed by atoms with E-state index in [1.54, 1.807) is 11.8 Å². The molecule has 3 heterocycles. The molecule has 2 aliphatic rings. The van der Waals surface area contributed by atoms with E-state index in [2.05, 4.69) is 0 Å². The van der Waals surface area contributed by atoms with Crippen LogP contribution in [0.15, 0.2) is 21.3 Å². The van der Waals surface area contributed by atoms with Crippen LogP contribution in [0.1, 0.15) is 49.4 Å². The highest BCUT2D eigenvalue weighted by molar-refractivity contribution is 5.93. The lowest BCUT2D eigenvalue weighted by molar-refractivity contribution is -0.147. The van der Waals surface area contributed by atoms with E-state index in [1.807, 2.05) is 18.7 Å². The first-order valence-corrected chi connectivity index (χ1v) is 8.54. The molecular weight excluding hydrogens is 308 g/mol. The summed E-state index contributed by atoms with van der Waals surface area (Å²) in [6.45, 7) is 7.42. The second-order valence-corrected chi connectivity index (χ2v) is 7.22. The molecular formula is C18H24N2O4. The van der Waals surface area contributed by atoms with E-state index in [-0.39, 0.29) is 29.0 Å². The molecule has 0 N–H and O–H groups in total. The third-order valence-corrected chi connectivity index (χ3v) is 5.13. The van der Waals surface area contributed by atoms with Crippen LogP contribution >= 0.6 is 0 Å². The fourth-order valence-electron chi connectivity index (χ4n) is 3.88. The summed E-state index contributed by atoms with van der Waals surface area (Å²) in [7, 11) is 0. The third-order valence-electron chi connectivity index (χ3n) is 5.13. The van der Waals surface area contributed by atoms with Crippen molar-refractivity contribution in [3.8, 4) is 0 Å². The van der Waals surface area contributed by atoms with Crippen LogP contribution in [0.3, 0.4) is 0 Å². The Morgan fingerprint density at radius 2 is 1.96 bits per heavy atom. The van der Waals surface area contributed by atoms with Crippen LogP contribution < -0.4 is 5.43 Å². The van der Waals surface area contributed by atoms with Gasteiger partial charge in [0, 0.05) is 37.8 Å². The van der Waals surface area contributed by atoms with Crippen molar-refractivity contribution in [1.82, 2.24) is 9.80 Å². The standard InChI is InChI=1S/C18H24N2O4/c1-12(2)20-7-4-5-18(17(20)23)6-8-19(11-18)16(22)15-10-14(21)9-13(3)24-15/h9-10,12H,4-8,11H2,1-3H3. The fraction of sp³-hybridized carbons (Fsp3) is 0.611. The summed E-state index contributed by atoms with van der Waals surface area (Å²) in [5.41, 5.74) is -0.710. The number of amides is 2. The first-order chi connectivity index (χ1) is 11.3. The zero-order valence-electron chi connectivity index (χ0n) is 14.5. The number of rotatable bonds is 2. The van der Waals surface area contributed by atoms with Crippen molar-refractivity contribution in [3.63, 3.8) is 0 Å². The van der Waals surface area contributed by atoms with Gasteiger partial charge in [0.25, 0.3) is 5.91 Å². The molecule has 2 amide bonds. The average Bonchev–Trinajstić information content (AvgIpc) is 2.93. The van der Waals surface area contributed by atoms with Gasteiger partial charge < -0.3 is 14.2 Å². The van der Waals surface area contributed by atoms with Crippen molar-refractivity contribution in [1.29, 1.82) is 0 Å². The lowest BCUT2D eigenvalue weighted by Gasteiger charge is -2.41. The van der Waals surface area contributed by atoms with Gasteiger partial charge in [0.2, 0.25) is 5.91 Å². The Kier molecular flexibility index (Phi) is 4.24. The number of aryl methyl sites for hydroxylation is 1. The quantitative estimate of drug-likeness (QED) is 0.828. The molecule has 3 rings (SSSR count). The van der Waals surface area contributed by atoms with E-state index < -0.39 is 5.41 Å². The van der Waals surface area contributed by atoms with E-state index >= 15 is 0 Å². The Hall–Kier alpha value is -2.11. The highest BCUT2D eigenvalue weighted by atomic mass is 16.3. The van der Waals surface area contributed by atoms with Crippen molar-refractivity contribution in [2.24, 2.45) is 5.41 Å². The van der Waals surface area contributed by atoms with Crippen LogP contribution in [-0.2, 0) is 4.79 Å². The smallest absolute Gasteiger partial charge is 0.289 e. The van der Waals surface area contributed by atoms with Crippen molar-refractivity contribution in [2.45, 2.75) is 46.1 Å². The molecule has 6 nitrogen and oxygen atoms in total. The molecule has 0 bridgehead atoms. The Balaban J connectivity index is 1.80. The number of hydrogen-bond acceptors (Lipinski definition) is 4. The molecule has 2 aliphatic heterocycles. The van der Waals surface area contributed by atoms with Gasteiger partial charge in [-0.2, -0.15) is 0 Å². The lowest BCUT2D eigenvalue weighted by Crippen LogP contribution is -2.52. The highest BCUT2D eigenvalue weighted by Gasteiger charge is 2.50. The summed E-state index contributed by atoms with van der Waals surface area (Å²) in [6, 6.07) is 2.76. The Bertz CT molecular complexity index is 724. The summed E-state index contributed by atoms with van der Waals surface area (Å²) in [4.78, 5) is 40.8. The molecule has 1 aromatic rings. The molecule has 2 fully saturated rings. The van der Waals surface area contributed by atoms with E-state index in [0.29, 0.717) is 25.3 Å². The third kappa shape index (κ3) is 2.85. The van der Waals surface area contributed by atoms with Gasteiger partial charge in [-0.15, -0.1) is 0 Å². The molecule has 0 aliphatic carbocycles. The number of carbonyl (C=O) groups excluding carboxylic acids is 2. The van der Waals surface area contributed by atoms with E-state index in [9.17, 15) is 14.4 Å². The highest BCUT2D eigenvalue weighted by Crippen LogP contribution is 2.41. The number of nitrogens with zero attached hydrogens (tertiary/aromatic N) is 2. The van der Waals surface area contributed by atoms with Gasteiger partial charge in [-0.05, 0) is 40.0 Å². The molecule has 1 aromatic heterocycles. The maximum absolute atomic E-state index is 12.9. The van der Waals surface area contributed by atoms with Gasteiger partial charge in [0.15, 0.2) is 11.2 Å². The summed E-state index contributed by atoms with van der Waals surface area (Å²) in [5, 5.41) is 0. The van der Waals surface area contributed by atoms with E-state index in [0.717, 1.165) is 19.4 Å². The number of piperidine rings is 1. The zero-order chi connectivity index (χ0) is 17.5. The van der Waals surface area contributed by atoms with Gasteiger partial charge in [-0.1, -0.05) is 0 Å². The molecule has 24 heavy (non-hydrogen) atoms. The van der Waals surface area contributed by atoms with Crippen molar-refractivity contribution >= 4 is 11.8 Å². The Labute approximate surface area is 141 Å². The van der Waals surface area contributed by atoms with Crippen LogP contribution in [-0.4, -0.2) is 47.3 Å². The van der Waals surface area contributed by atoms with Crippen molar-refractivity contribution in [2.75, 3.05) is 19.6 Å². The second kappa shape index (κ2) is 6.07. The maximum atomic E-state index is 12.9. The van der Waals surface area contributed by atoms with Gasteiger partial charge in [-0.25, -0.2) is 0 Å². The van der Waals surface area contributed by atoms with Crippen molar-refractivity contribution in [3.05, 3.63) is 33.9 Å². The minimum absolute atomic E-state index is 0.0565. The maximum Gasteiger partial charge on any atom is 0.289 e. The van der Waals surface area contributed by atoms with Crippen molar-refractivity contribution < 1.29 is 14.0 Å². The second-order valence-electron chi connectivity index (χ2n) is 7.22. The predicted octanol–water partition coefficient (Wildman–Crippen LogP) is 1.81.